The third-order valence-electron chi connectivity index (χ3n) is 5.29. The van der Waals surface area contributed by atoms with E-state index in [0.717, 1.165) is 0 Å². The van der Waals surface area contributed by atoms with Crippen LogP contribution in [0.3, 0.4) is 0 Å². The van der Waals surface area contributed by atoms with Crippen LogP contribution >= 0.6 is 0 Å². The lowest BCUT2D eigenvalue weighted by molar-refractivity contribution is 1.54. The van der Waals surface area contributed by atoms with Gasteiger partial charge in [0.05, 0.1) is 0 Å². The van der Waals surface area contributed by atoms with E-state index < -0.39 is 0 Å². The zero-order chi connectivity index (χ0) is 16.3. The Morgan fingerprint density at radius 1 is 0.458 bits per heavy atom. The maximum absolute atomic E-state index is 2.38. The summed E-state index contributed by atoms with van der Waals surface area (Å²) in [7, 11) is 0. The minimum Gasteiger partial charge on any atom is -0.0616 e. The normalized spacial score (nSPS) is 11.8. The van der Waals surface area contributed by atoms with Crippen molar-refractivity contribution in [2.45, 2.75) is 13.8 Å². The highest BCUT2D eigenvalue weighted by molar-refractivity contribution is 6.28. The lowest BCUT2D eigenvalue weighted by Gasteiger charge is -2.14. The molecule has 5 rings (SSSR count). The minimum absolute atomic E-state index is 1.32. The van der Waals surface area contributed by atoms with E-state index in [1.165, 1.54) is 54.2 Å². The molecule has 24 heavy (non-hydrogen) atoms. The summed E-state index contributed by atoms with van der Waals surface area (Å²) < 4.78 is 0. The van der Waals surface area contributed by atoms with Crippen molar-refractivity contribution in [3.05, 3.63) is 83.9 Å². The highest BCUT2D eigenvalue weighted by Crippen LogP contribution is 2.38. The number of hydrogen-bond donors (Lipinski definition) is 0. The summed E-state index contributed by atoms with van der Waals surface area (Å²) in [5, 5.41) is 10.8. The summed E-state index contributed by atoms with van der Waals surface area (Å²) >= 11 is 0. The fourth-order valence-electron chi connectivity index (χ4n) is 4.11. The number of fused-ring (bicyclic) bond motifs is 7. The smallest absolute Gasteiger partial charge is 0.00694 e. The third kappa shape index (κ3) is 1.74. The molecule has 114 valence electrons. The van der Waals surface area contributed by atoms with Crippen LogP contribution in [0.15, 0.2) is 72.8 Å². The van der Waals surface area contributed by atoms with Gasteiger partial charge >= 0.3 is 0 Å². The van der Waals surface area contributed by atoms with E-state index in [0.29, 0.717) is 0 Å². The second kappa shape index (κ2) is 4.82. The summed E-state index contributed by atoms with van der Waals surface area (Å²) in [4.78, 5) is 0. The maximum atomic E-state index is 2.38. The molecule has 0 spiro atoms. The standard InChI is InChI=1S/C24H18/c1-15-7-5-9-17-13-23-22(14-21(15)17)19-11-4-3-10-18(19)20-12-6-8-16(2)24(20)23/h3-14H,1-2H3. The molecule has 0 saturated heterocycles. The van der Waals surface area contributed by atoms with Gasteiger partial charge in [-0.25, -0.2) is 0 Å². The Labute approximate surface area is 141 Å². The molecule has 0 nitrogen and oxygen atoms in total. The molecule has 0 radical (unpaired) electrons. The van der Waals surface area contributed by atoms with Crippen LogP contribution in [0.2, 0.25) is 0 Å². The van der Waals surface area contributed by atoms with E-state index in [1.54, 1.807) is 0 Å². The second-order valence-electron chi connectivity index (χ2n) is 6.74. The lowest BCUT2D eigenvalue weighted by atomic mass is 9.90. The molecule has 0 aliphatic carbocycles. The Kier molecular flexibility index (Phi) is 2.72. The number of aryl methyl sites for hydroxylation is 2. The molecular formula is C24H18. The highest BCUT2D eigenvalue weighted by Gasteiger charge is 2.11. The Balaban J connectivity index is 2.18. The van der Waals surface area contributed by atoms with Gasteiger partial charge in [-0.2, -0.15) is 0 Å². The molecule has 5 aromatic rings. The van der Waals surface area contributed by atoms with Crippen molar-refractivity contribution in [2.24, 2.45) is 0 Å². The first-order chi connectivity index (χ1) is 11.7. The maximum Gasteiger partial charge on any atom is -0.00694 e. The molecule has 0 aliphatic rings. The van der Waals surface area contributed by atoms with E-state index in [-0.39, 0.29) is 0 Å². The van der Waals surface area contributed by atoms with E-state index in [9.17, 15) is 0 Å². The largest absolute Gasteiger partial charge is 0.0616 e. The van der Waals surface area contributed by atoms with Gasteiger partial charge in [0.25, 0.3) is 0 Å². The van der Waals surface area contributed by atoms with Gasteiger partial charge in [0.15, 0.2) is 0 Å². The first kappa shape index (κ1) is 13.6. The Morgan fingerprint density at radius 3 is 1.96 bits per heavy atom. The van der Waals surface area contributed by atoms with Crippen molar-refractivity contribution in [3.8, 4) is 0 Å². The summed E-state index contributed by atoms with van der Waals surface area (Å²) in [6.07, 6.45) is 0. The second-order valence-corrected chi connectivity index (χ2v) is 6.74. The fourth-order valence-corrected chi connectivity index (χ4v) is 4.11. The van der Waals surface area contributed by atoms with Crippen LogP contribution < -0.4 is 0 Å². The van der Waals surface area contributed by atoms with Crippen LogP contribution in [-0.4, -0.2) is 0 Å². The average Bonchev–Trinajstić information content (AvgIpc) is 2.61. The van der Waals surface area contributed by atoms with Crippen molar-refractivity contribution in [1.82, 2.24) is 0 Å². The topological polar surface area (TPSA) is 0 Å². The summed E-state index contributed by atoms with van der Waals surface area (Å²) in [6.45, 7) is 4.42. The molecule has 0 saturated carbocycles. The van der Waals surface area contributed by atoms with E-state index >= 15 is 0 Å². The molecule has 0 unspecified atom stereocenters. The monoisotopic (exact) mass is 306 g/mol. The Hall–Kier alpha value is -2.86. The van der Waals surface area contributed by atoms with Crippen molar-refractivity contribution in [1.29, 1.82) is 0 Å². The van der Waals surface area contributed by atoms with Gasteiger partial charge in [-0.3, -0.25) is 0 Å². The number of benzene rings is 5. The molecule has 0 atom stereocenters. The molecular weight excluding hydrogens is 288 g/mol. The van der Waals surface area contributed by atoms with Crippen LogP contribution in [0, 0.1) is 13.8 Å². The lowest BCUT2D eigenvalue weighted by Crippen LogP contribution is -1.87. The molecule has 5 aromatic carbocycles. The first-order valence-corrected chi connectivity index (χ1v) is 8.47. The molecule has 0 heteroatoms. The van der Waals surface area contributed by atoms with Gasteiger partial charge < -0.3 is 0 Å². The van der Waals surface area contributed by atoms with Gasteiger partial charge in [-0.05, 0) is 80.2 Å². The SMILES string of the molecule is Cc1cccc2cc3c(cc12)c1ccccc1c1cccc(C)c13. The van der Waals surface area contributed by atoms with Crippen molar-refractivity contribution in [2.75, 3.05) is 0 Å². The fraction of sp³-hybridized carbons (Fsp3) is 0.0833. The molecule has 0 fully saturated rings. The van der Waals surface area contributed by atoms with Crippen LogP contribution in [0.5, 0.6) is 0 Å². The number of rotatable bonds is 0. The minimum atomic E-state index is 1.32. The predicted octanol–water partition coefficient (Wildman–Crippen LogP) is 6.92. The molecule has 0 N–H and O–H groups in total. The zero-order valence-corrected chi connectivity index (χ0v) is 13.9. The van der Waals surface area contributed by atoms with Gasteiger partial charge in [0, 0.05) is 0 Å². The van der Waals surface area contributed by atoms with E-state index in [4.69, 9.17) is 0 Å². The van der Waals surface area contributed by atoms with E-state index in [2.05, 4.69) is 86.6 Å². The Bertz CT molecular complexity index is 1260. The highest BCUT2D eigenvalue weighted by atomic mass is 14.1. The van der Waals surface area contributed by atoms with Crippen molar-refractivity contribution < 1.29 is 0 Å². The van der Waals surface area contributed by atoms with Crippen LogP contribution in [0.4, 0.5) is 0 Å². The summed E-state index contributed by atoms with van der Waals surface area (Å²) in [6, 6.07) is 26.8. The van der Waals surface area contributed by atoms with Crippen molar-refractivity contribution in [3.63, 3.8) is 0 Å². The van der Waals surface area contributed by atoms with Crippen LogP contribution in [-0.2, 0) is 0 Å². The molecule has 0 amide bonds. The van der Waals surface area contributed by atoms with E-state index in [1.807, 2.05) is 0 Å². The average molecular weight is 306 g/mol. The van der Waals surface area contributed by atoms with Gasteiger partial charge in [-0.15, -0.1) is 0 Å². The van der Waals surface area contributed by atoms with Gasteiger partial charge in [0.2, 0.25) is 0 Å². The third-order valence-corrected chi connectivity index (χ3v) is 5.29. The molecule has 0 heterocycles. The summed E-state index contributed by atoms with van der Waals surface area (Å²) in [5.74, 6) is 0. The van der Waals surface area contributed by atoms with Crippen molar-refractivity contribution >= 4 is 43.1 Å². The summed E-state index contributed by atoms with van der Waals surface area (Å²) in [5.41, 5.74) is 2.68. The zero-order valence-electron chi connectivity index (χ0n) is 13.9. The predicted molar refractivity (Wildman–Crippen MR) is 106 cm³/mol. The molecule has 0 aliphatic heterocycles. The van der Waals surface area contributed by atoms with Gasteiger partial charge in [-0.1, -0.05) is 60.7 Å². The van der Waals surface area contributed by atoms with Crippen LogP contribution in [0.25, 0.3) is 43.1 Å². The first-order valence-electron chi connectivity index (χ1n) is 8.47. The van der Waals surface area contributed by atoms with Gasteiger partial charge in [0.1, 0.15) is 0 Å². The van der Waals surface area contributed by atoms with Crippen LogP contribution in [0.1, 0.15) is 11.1 Å². The number of hydrogen-bond acceptors (Lipinski definition) is 0. The quantitative estimate of drug-likeness (QED) is 0.215. The molecule has 0 bridgehead atoms. The Morgan fingerprint density at radius 2 is 1.12 bits per heavy atom. The molecule has 0 aromatic heterocycles.